The summed E-state index contributed by atoms with van der Waals surface area (Å²) in [7, 11) is 3.04. The Hall–Kier alpha value is -2.25. The number of pyridine rings is 1. The van der Waals surface area contributed by atoms with Gasteiger partial charge in [0.15, 0.2) is 0 Å². The van der Waals surface area contributed by atoms with E-state index in [4.69, 9.17) is 25.8 Å². The van der Waals surface area contributed by atoms with Crippen LogP contribution in [-0.2, 0) is 4.74 Å². The van der Waals surface area contributed by atoms with Crippen molar-refractivity contribution in [1.82, 2.24) is 4.98 Å². The average molecular weight is 395 g/mol. The smallest absolute Gasteiger partial charge is 0.341 e. The van der Waals surface area contributed by atoms with E-state index in [1.165, 1.54) is 20.4 Å². The molecular formula is C19H23ClN2O5. The van der Waals surface area contributed by atoms with E-state index >= 15 is 0 Å². The number of carbonyl (C=O) groups is 1. The Morgan fingerprint density at radius 1 is 1.41 bits per heavy atom. The molecule has 0 bridgehead atoms. The van der Waals surface area contributed by atoms with Gasteiger partial charge in [-0.3, -0.25) is 4.98 Å². The summed E-state index contributed by atoms with van der Waals surface area (Å²) < 4.78 is 16.2. The summed E-state index contributed by atoms with van der Waals surface area (Å²) in [5.41, 5.74) is 1.43. The van der Waals surface area contributed by atoms with Gasteiger partial charge in [-0.2, -0.15) is 0 Å². The summed E-state index contributed by atoms with van der Waals surface area (Å²) in [6, 6.07) is 1.63. The van der Waals surface area contributed by atoms with Crippen molar-refractivity contribution in [2.45, 2.75) is 25.9 Å². The first-order chi connectivity index (χ1) is 13.0. The minimum atomic E-state index is -0.483. The normalized spacial score (nSPS) is 17.1. The number of fused-ring (bicyclic) bond motifs is 1. The van der Waals surface area contributed by atoms with Crippen LogP contribution < -0.4 is 14.4 Å². The molecule has 27 heavy (non-hydrogen) atoms. The maximum atomic E-state index is 12.6. The first kappa shape index (κ1) is 19.5. The molecule has 7 nitrogen and oxygen atoms in total. The second-order valence-electron chi connectivity index (χ2n) is 6.30. The molecule has 2 aromatic rings. The number of esters is 1. The van der Waals surface area contributed by atoms with Crippen LogP contribution in [0.4, 0.5) is 5.69 Å². The molecule has 3 rings (SSSR count). The van der Waals surface area contributed by atoms with Crippen molar-refractivity contribution in [1.29, 1.82) is 0 Å². The van der Waals surface area contributed by atoms with E-state index < -0.39 is 12.1 Å². The second-order valence-corrected chi connectivity index (χ2v) is 6.71. The maximum absolute atomic E-state index is 12.6. The fourth-order valence-corrected chi connectivity index (χ4v) is 3.74. The number of ether oxygens (including phenoxy) is 3. The van der Waals surface area contributed by atoms with Crippen molar-refractivity contribution >= 4 is 34.2 Å². The molecule has 2 heterocycles. The standard InChI is InChI=1S/C19H23ClN2O5/c1-4-27-19(24)12-9-21-16-14(25-2)8-13(20)18(26-3)15(16)17(12)22-7-5-6-11(23)10-22/h8-9,11,23H,4-7,10H2,1-3H3/t11-/m1/s1. The molecule has 0 amide bonds. The zero-order valence-electron chi connectivity index (χ0n) is 15.6. The maximum Gasteiger partial charge on any atom is 0.341 e. The fraction of sp³-hybridized carbons (Fsp3) is 0.474. The second kappa shape index (κ2) is 8.19. The van der Waals surface area contributed by atoms with Crippen LogP contribution in [0.3, 0.4) is 0 Å². The molecule has 0 radical (unpaired) electrons. The summed E-state index contributed by atoms with van der Waals surface area (Å²) in [6.07, 6.45) is 2.51. The lowest BCUT2D eigenvalue weighted by Gasteiger charge is -2.34. The number of aliphatic hydroxyl groups excluding tert-OH is 1. The molecule has 1 aromatic carbocycles. The number of hydrogen-bond donors (Lipinski definition) is 1. The van der Waals surface area contributed by atoms with Crippen molar-refractivity contribution in [3.05, 3.63) is 22.8 Å². The predicted octanol–water partition coefficient (Wildman–Crippen LogP) is 3.04. The van der Waals surface area contributed by atoms with Gasteiger partial charge in [-0.05, 0) is 19.8 Å². The first-order valence-corrected chi connectivity index (χ1v) is 9.22. The van der Waals surface area contributed by atoms with Gasteiger partial charge in [0.05, 0.1) is 43.0 Å². The molecule has 0 unspecified atom stereocenters. The number of aromatic nitrogens is 1. The summed E-state index contributed by atoms with van der Waals surface area (Å²) in [6.45, 7) is 3.07. The third-order valence-corrected chi connectivity index (χ3v) is 4.90. The third-order valence-electron chi connectivity index (χ3n) is 4.62. The highest BCUT2D eigenvalue weighted by Crippen LogP contribution is 2.45. The zero-order valence-corrected chi connectivity index (χ0v) is 16.4. The van der Waals surface area contributed by atoms with E-state index in [9.17, 15) is 9.90 Å². The first-order valence-electron chi connectivity index (χ1n) is 8.85. The molecule has 1 N–H and O–H groups in total. The predicted molar refractivity (Wildman–Crippen MR) is 103 cm³/mol. The van der Waals surface area contributed by atoms with Crippen molar-refractivity contribution < 1.29 is 24.1 Å². The van der Waals surface area contributed by atoms with Gasteiger partial charge in [0.25, 0.3) is 0 Å². The molecule has 0 spiro atoms. The Morgan fingerprint density at radius 3 is 2.81 bits per heavy atom. The largest absolute Gasteiger partial charge is 0.494 e. The molecule has 1 fully saturated rings. The summed E-state index contributed by atoms with van der Waals surface area (Å²) in [5.74, 6) is 0.397. The zero-order chi connectivity index (χ0) is 19.6. The molecule has 0 saturated carbocycles. The van der Waals surface area contributed by atoms with Gasteiger partial charge in [0.1, 0.15) is 22.6 Å². The van der Waals surface area contributed by atoms with Crippen LogP contribution in [-0.4, -0.2) is 56.1 Å². The van der Waals surface area contributed by atoms with Crippen LogP contribution in [0.15, 0.2) is 12.3 Å². The van der Waals surface area contributed by atoms with Gasteiger partial charge >= 0.3 is 5.97 Å². The minimum Gasteiger partial charge on any atom is -0.494 e. The van der Waals surface area contributed by atoms with E-state index in [-0.39, 0.29) is 6.61 Å². The molecule has 0 aliphatic carbocycles. The number of β-amino-alcohol motifs (C(OH)–C–C–N with tert-alkyl or cyclic N) is 1. The molecule has 1 aliphatic heterocycles. The average Bonchev–Trinajstić information content (AvgIpc) is 2.66. The van der Waals surface area contributed by atoms with Crippen molar-refractivity contribution in [3.8, 4) is 11.5 Å². The van der Waals surface area contributed by atoms with Crippen molar-refractivity contribution in [2.75, 3.05) is 38.8 Å². The highest BCUT2D eigenvalue weighted by molar-refractivity contribution is 6.34. The van der Waals surface area contributed by atoms with E-state index in [1.807, 2.05) is 4.90 Å². The number of hydrogen-bond acceptors (Lipinski definition) is 7. The molecule has 146 valence electrons. The summed E-state index contributed by atoms with van der Waals surface area (Å²) >= 11 is 6.40. The summed E-state index contributed by atoms with van der Waals surface area (Å²) in [5, 5.41) is 11.1. The van der Waals surface area contributed by atoms with Crippen LogP contribution in [0.25, 0.3) is 10.9 Å². The monoisotopic (exact) mass is 394 g/mol. The number of anilines is 1. The molecule has 1 aromatic heterocycles. The van der Waals surface area contributed by atoms with E-state index in [0.29, 0.717) is 51.8 Å². The fourth-order valence-electron chi connectivity index (χ4n) is 3.47. The number of aliphatic hydroxyl groups is 1. The van der Waals surface area contributed by atoms with Crippen molar-refractivity contribution in [3.63, 3.8) is 0 Å². The van der Waals surface area contributed by atoms with E-state index in [2.05, 4.69) is 4.98 Å². The lowest BCUT2D eigenvalue weighted by Crippen LogP contribution is -2.39. The number of benzene rings is 1. The van der Waals surface area contributed by atoms with Gasteiger partial charge < -0.3 is 24.2 Å². The number of piperidine rings is 1. The Balaban J connectivity index is 2.35. The molecule has 1 aliphatic rings. The van der Waals surface area contributed by atoms with Crippen LogP contribution in [0.2, 0.25) is 5.02 Å². The van der Waals surface area contributed by atoms with Crippen LogP contribution >= 0.6 is 11.6 Å². The number of methoxy groups -OCH3 is 2. The molecule has 1 saturated heterocycles. The van der Waals surface area contributed by atoms with E-state index in [1.54, 1.807) is 13.0 Å². The number of nitrogens with zero attached hydrogens (tertiary/aromatic N) is 2. The van der Waals surface area contributed by atoms with Gasteiger partial charge in [0, 0.05) is 25.4 Å². The summed E-state index contributed by atoms with van der Waals surface area (Å²) in [4.78, 5) is 19.0. The van der Waals surface area contributed by atoms with Gasteiger partial charge in [-0.15, -0.1) is 0 Å². The van der Waals surface area contributed by atoms with Gasteiger partial charge in [0.2, 0.25) is 0 Å². The van der Waals surface area contributed by atoms with Crippen molar-refractivity contribution in [2.24, 2.45) is 0 Å². The Labute approximate surface area is 162 Å². The molecule has 8 heteroatoms. The van der Waals surface area contributed by atoms with Crippen LogP contribution in [0.5, 0.6) is 11.5 Å². The van der Waals surface area contributed by atoms with Gasteiger partial charge in [-0.25, -0.2) is 4.79 Å². The Morgan fingerprint density at radius 2 is 2.19 bits per heavy atom. The van der Waals surface area contributed by atoms with Gasteiger partial charge in [-0.1, -0.05) is 11.6 Å². The Kier molecular flexibility index (Phi) is 5.92. The quantitative estimate of drug-likeness (QED) is 0.780. The highest BCUT2D eigenvalue weighted by Gasteiger charge is 2.29. The lowest BCUT2D eigenvalue weighted by molar-refractivity contribution is 0.0526. The van der Waals surface area contributed by atoms with Crippen LogP contribution in [0, 0.1) is 0 Å². The third kappa shape index (κ3) is 3.61. The molecule has 1 atom stereocenters. The lowest BCUT2D eigenvalue weighted by atomic mass is 10.0. The number of halogens is 1. The Bertz CT molecular complexity index is 858. The number of carbonyl (C=O) groups excluding carboxylic acids is 1. The molecular weight excluding hydrogens is 372 g/mol. The number of rotatable bonds is 5. The SMILES string of the molecule is CCOC(=O)c1cnc2c(OC)cc(Cl)c(OC)c2c1N1CCC[C@@H](O)C1. The minimum absolute atomic E-state index is 0.245. The topological polar surface area (TPSA) is 81.1 Å². The van der Waals surface area contributed by atoms with Crippen LogP contribution in [0.1, 0.15) is 30.1 Å². The highest BCUT2D eigenvalue weighted by atomic mass is 35.5. The van der Waals surface area contributed by atoms with E-state index in [0.717, 1.165) is 12.8 Å².